The molecular weight excluding hydrogens is 170 g/mol. The van der Waals surface area contributed by atoms with Crippen LogP contribution in [0, 0.1) is 23.2 Å². The third-order valence-electron chi connectivity index (χ3n) is 5.12. The Hall–Kier alpha value is -0.0400. The van der Waals surface area contributed by atoms with Gasteiger partial charge >= 0.3 is 0 Å². The van der Waals surface area contributed by atoms with Crippen LogP contribution in [-0.4, -0.2) is 13.6 Å². The molecule has 0 aromatic heterocycles. The summed E-state index contributed by atoms with van der Waals surface area (Å²) in [6.07, 6.45) is 11.0. The van der Waals surface area contributed by atoms with E-state index in [4.69, 9.17) is 0 Å². The zero-order valence-corrected chi connectivity index (χ0v) is 9.47. The van der Waals surface area contributed by atoms with Crippen molar-refractivity contribution in [1.29, 1.82) is 0 Å². The summed E-state index contributed by atoms with van der Waals surface area (Å²) >= 11 is 0. The van der Waals surface area contributed by atoms with Crippen LogP contribution in [0.4, 0.5) is 0 Å². The lowest BCUT2D eigenvalue weighted by Gasteiger charge is -2.47. The zero-order valence-electron chi connectivity index (χ0n) is 9.47. The summed E-state index contributed by atoms with van der Waals surface area (Å²) in [6.45, 7) is 1.41. The van der Waals surface area contributed by atoms with Crippen LogP contribution in [0.2, 0.25) is 0 Å². The molecule has 4 aliphatic rings. The van der Waals surface area contributed by atoms with Gasteiger partial charge in [0.15, 0.2) is 0 Å². The van der Waals surface area contributed by atoms with Crippen molar-refractivity contribution in [2.45, 2.75) is 44.9 Å². The Kier molecular flexibility index (Phi) is 2.12. The summed E-state index contributed by atoms with van der Waals surface area (Å²) < 4.78 is 0. The van der Waals surface area contributed by atoms with E-state index in [1.807, 2.05) is 0 Å². The van der Waals surface area contributed by atoms with E-state index in [1.54, 1.807) is 44.9 Å². The van der Waals surface area contributed by atoms with E-state index >= 15 is 0 Å². The SMILES string of the molecule is C[NH2+]CC12CC3C[C@@H](CC[C@@H](C3)C1)C2. The maximum Gasteiger partial charge on any atom is 0.0810 e. The summed E-state index contributed by atoms with van der Waals surface area (Å²) in [4.78, 5) is 0. The van der Waals surface area contributed by atoms with Gasteiger partial charge < -0.3 is 5.32 Å². The normalized spacial score (nSPS) is 50.8. The van der Waals surface area contributed by atoms with Crippen LogP contribution in [0.1, 0.15) is 44.9 Å². The molecule has 0 aromatic rings. The molecule has 4 rings (SSSR count). The third kappa shape index (κ3) is 1.41. The molecule has 0 saturated heterocycles. The van der Waals surface area contributed by atoms with Gasteiger partial charge in [0.25, 0.3) is 0 Å². The molecule has 4 bridgehead atoms. The molecule has 4 saturated carbocycles. The van der Waals surface area contributed by atoms with Crippen LogP contribution in [0.5, 0.6) is 0 Å². The van der Waals surface area contributed by atoms with Gasteiger partial charge in [-0.25, -0.2) is 0 Å². The number of hydrogen-bond donors (Lipinski definition) is 1. The van der Waals surface area contributed by atoms with E-state index in [9.17, 15) is 0 Å². The fourth-order valence-electron chi connectivity index (χ4n) is 5.05. The summed E-state index contributed by atoms with van der Waals surface area (Å²) in [7, 11) is 2.26. The monoisotopic (exact) mass is 194 g/mol. The van der Waals surface area contributed by atoms with Gasteiger partial charge in [0.05, 0.1) is 13.6 Å². The quantitative estimate of drug-likeness (QED) is 0.690. The van der Waals surface area contributed by atoms with Crippen LogP contribution in [-0.2, 0) is 0 Å². The predicted octanol–water partition coefficient (Wildman–Crippen LogP) is 1.79. The third-order valence-corrected chi connectivity index (χ3v) is 5.12. The highest BCUT2D eigenvalue weighted by Gasteiger charge is 2.49. The van der Waals surface area contributed by atoms with Gasteiger partial charge in [-0.15, -0.1) is 0 Å². The molecule has 0 heterocycles. The molecule has 0 radical (unpaired) electrons. The van der Waals surface area contributed by atoms with Gasteiger partial charge in [0, 0.05) is 5.41 Å². The van der Waals surface area contributed by atoms with Crippen LogP contribution >= 0.6 is 0 Å². The molecule has 0 aliphatic heterocycles. The van der Waals surface area contributed by atoms with Crippen molar-refractivity contribution < 1.29 is 5.32 Å². The van der Waals surface area contributed by atoms with E-state index in [2.05, 4.69) is 12.4 Å². The van der Waals surface area contributed by atoms with Crippen LogP contribution in [0.15, 0.2) is 0 Å². The van der Waals surface area contributed by atoms with E-state index < -0.39 is 0 Å². The maximum atomic E-state index is 2.44. The lowest BCUT2D eigenvalue weighted by molar-refractivity contribution is -0.641. The highest BCUT2D eigenvalue weighted by atomic mass is 14.8. The Morgan fingerprint density at radius 2 is 1.57 bits per heavy atom. The van der Waals surface area contributed by atoms with Crippen molar-refractivity contribution in [2.24, 2.45) is 23.2 Å². The molecule has 80 valence electrons. The van der Waals surface area contributed by atoms with Gasteiger partial charge in [0.2, 0.25) is 0 Å². The molecule has 4 aliphatic carbocycles. The van der Waals surface area contributed by atoms with E-state index in [1.165, 1.54) is 6.54 Å². The number of nitrogens with two attached hydrogens (primary N) is 1. The van der Waals surface area contributed by atoms with Crippen molar-refractivity contribution >= 4 is 0 Å². The zero-order chi connectivity index (χ0) is 9.60. The summed E-state index contributed by atoms with van der Waals surface area (Å²) in [6, 6.07) is 0. The van der Waals surface area contributed by atoms with Gasteiger partial charge in [0.1, 0.15) is 0 Å². The van der Waals surface area contributed by atoms with Crippen molar-refractivity contribution in [2.75, 3.05) is 13.6 Å². The first-order valence-electron chi connectivity index (χ1n) is 6.57. The standard InChI is InChI=1S/C13H23N/c1-14-9-13-6-10-2-3-11(7-13)5-12(4-10)8-13/h10-12,14H,2-9H2,1H3/p+1/t10-,11+,12?,13?. The lowest BCUT2D eigenvalue weighted by atomic mass is 9.58. The minimum absolute atomic E-state index is 0.780. The summed E-state index contributed by atoms with van der Waals surface area (Å²) in [5.74, 6) is 3.34. The number of hydrogen-bond acceptors (Lipinski definition) is 0. The highest BCUT2D eigenvalue weighted by Crippen LogP contribution is 2.56. The molecule has 2 unspecified atom stereocenters. The second-order valence-corrected chi connectivity index (χ2v) is 6.37. The van der Waals surface area contributed by atoms with E-state index in [0.717, 1.165) is 23.2 Å². The van der Waals surface area contributed by atoms with Crippen molar-refractivity contribution in [3.8, 4) is 0 Å². The molecule has 2 N–H and O–H groups in total. The van der Waals surface area contributed by atoms with Gasteiger partial charge in [-0.1, -0.05) is 12.8 Å². The average Bonchev–Trinajstić information content (AvgIpc) is 2.32. The molecule has 1 nitrogen and oxygen atoms in total. The molecule has 14 heavy (non-hydrogen) atoms. The number of quaternary nitrogens is 1. The van der Waals surface area contributed by atoms with Gasteiger partial charge in [-0.3, -0.25) is 0 Å². The highest BCUT2D eigenvalue weighted by molar-refractivity contribution is 4.98. The minimum Gasteiger partial charge on any atom is -0.348 e. The van der Waals surface area contributed by atoms with Crippen molar-refractivity contribution in [3.63, 3.8) is 0 Å². The van der Waals surface area contributed by atoms with Crippen molar-refractivity contribution in [3.05, 3.63) is 0 Å². The Morgan fingerprint density at radius 3 is 2.14 bits per heavy atom. The molecule has 4 fully saturated rings. The van der Waals surface area contributed by atoms with Crippen LogP contribution < -0.4 is 5.32 Å². The Bertz CT molecular complexity index is 207. The molecule has 0 spiro atoms. The van der Waals surface area contributed by atoms with Crippen LogP contribution in [0.3, 0.4) is 0 Å². The summed E-state index contributed by atoms with van der Waals surface area (Å²) in [5.41, 5.74) is 0.780. The molecule has 0 amide bonds. The first-order valence-corrected chi connectivity index (χ1v) is 6.57. The van der Waals surface area contributed by atoms with Crippen molar-refractivity contribution in [1.82, 2.24) is 0 Å². The Balaban J connectivity index is 1.86. The fraction of sp³-hybridized carbons (Fsp3) is 1.00. The van der Waals surface area contributed by atoms with Crippen LogP contribution in [0.25, 0.3) is 0 Å². The minimum atomic E-state index is 0.780. The molecule has 4 atom stereocenters. The molecule has 0 aromatic carbocycles. The van der Waals surface area contributed by atoms with Gasteiger partial charge in [-0.2, -0.15) is 0 Å². The average molecular weight is 194 g/mol. The van der Waals surface area contributed by atoms with E-state index in [-0.39, 0.29) is 0 Å². The fourth-order valence-corrected chi connectivity index (χ4v) is 5.05. The Morgan fingerprint density at radius 1 is 1.00 bits per heavy atom. The largest absolute Gasteiger partial charge is 0.348 e. The predicted molar refractivity (Wildman–Crippen MR) is 57.9 cm³/mol. The topological polar surface area (TPSA) is 16.6 Å². The first-order chi connectivity index (χ1) is 6.80. The Labute approximate surface area is 87.7 Å². The molecule has 1 heteroatoms. The second-order valence-electron chi connectivity index (χ2n) is 6.37. The molecular formula is C13H24N+. The lowest BCUT2D eigenvalue weighted by Crippen LogP contribution is -2.83. The smallest absolute Gasteiger partial charge is 0.0810 e. The summed E-state index contributed by atoms with van der Waals surface area (Å²) in [5, 5.41) is 2.44. The van der Waals surface area contributed by atoms with Gasteiger partial charge in [-0.05, 0) is 49.9 Å². The first kappa shape index (κ1) is 9.21. The maximum absolute atomic E-state index is 2.44. The number of fused-ring (bicyclic) bond motifs is 1. The second kappa shape index (κ2) is 3.23. The van der Waals surface area contributed by atoms with E-state index in [0.29, 0.717) is 0 Å². The number of rotatable bonds is 2.